The Labute approximate surface area is 170 Å². The van der Waals surface area contributed by atoms with Gasteiger partial charge in [-0.05, 0) is 89.8 Å². The van der Waals surface area contributed by atoms with Crippen molar-refractivity contribution in [2.24, 2.45) is 23.2 Å². The van der Waals surface area contributed by atoms with E-state index in [1.54, 1.807) is 0 Å². The molecule has 3 fully saturated rings. The minimum atomic E-state index is 0.386. The maximum Gasteiger partial charge on any atom is 0.120 e. The van der Waals surface area contributed by atoms with Gasteiger partial charge in [0.05, 0.1) is 6.10 Å². The van der Waals surface area contributed by atoms with E-state index >= 15 is 0 Å². The summed E-state index contributed by atoms with van der Waals surface area (Å²) in [7, 11) is 0. The zero-order valence-corrected chi connectivity index (χ0v) is 17.8. The molecular weight excluding hydrogens is 342 g/mol. The Balaban J connectivity index is 1.21. The normalized spacial score (nSPS) is 30.4. The van der Waals surface area contributed by atoms with Crippen LogP contribution in [-0.4, -0.2) is 24.1 Å². The van der Waals surface area contributed by atoms with Gasteiger partial charge < -0.3 is 4.74 Å². The van der Waals surface area contributed by atoms with E-state index in [9.17, 15) is 0 Å². The van der Waals surface area contributed by atoms with Gasteiger partial charge in [-0.2, -0.15) is 0 Å². The van der Waals surface area contributed by atoms with E-state index in [0.717, 1.165) is 30.0 Å². The first kappa shape index (κ1) is 18.5. The zero-order chi connectivity index (χ0) is 19.3. The van der Waals surface area contributed by atoms with Crippen LogP contribution in [0.25, 0.3) is 10.8 Å². The van der Waals surface area contributed by atoms with E-state index in [4.69, 9.17) is 4.74 Å². The Morgan fingerprint density at radius 1 is 0.893 bits per heavy atom. The molecule has 2 unspecified atom stereocenters. The van der Waals surface area contributed by atoms with Crippen LogP contribution in [0.4, 0.5) is 0 Å². The lowest BCUT2D eigenvalue weighted by atomic mass is 9.72. The zero-order valence-electron chi connectivity index (χ0n) is 17.8. The van der Waals surface area contributed by atoms with Crippen molar-refractivity contribution in [2.75, 3.05) is 13.1 Å². The molecule has 1 heterocycles. The van der Waals surface area contributed by atoms with Gasteiger partial charge in [0, 0.05) is 19.6 Å². The molecule has 3 aliphatic rings. The first-order chi connectivity index (χ1) is 13.4. The molecule has 1 saturated heterocycles. The molecule has 2 aliphatic carbocycles. The van der Waals surface area contributed by atoms with Crippen molar-refractivity contribution in [2.45, 2.75) is 65.5 Å². The summed E-state index contributed by atoms with van der Waals surface area (Å²) in [6, 6.07) is 13.6. The number of piperidine rings is 1. The van der Waals surface area contributed by atoms with Crippen molar-refractivity contribution >= 4 is 10.8 Å². The summed E-state index contributed by atoms with van der Waals surface area (Å²) >= 11 is 0. The van der Waals surface area contributed by atoms with Crippen molar-refractivity contribution in [1.82, 2.24) is 4.90 Å². The molecule has 0 aromatic heterocycles. The number of likely N-dealkylation sites (tertiary alicyclic amines) is 1. The standard InChI is InChI=1S/C26H35NO/c1-26(2,3)23-7-10-24(11-8-23)28-25-9-6-19-12-18(4-5-20(19)14-25)15-27-16-21-13-22(21)17-27/h4-6,9,12,14,21-24H,7-8,10-11,13,15-17H2,1-3H3. The Morgan fingerprint density at radius 2 is 1.57 bits per heavy atom. The highest BCUT2D eigenvalue weighted by Crippen LogP contribution is 2.45. The topological polar surface area (TPSA) is 12.5 Å². The van der Waals surface area contributed by atoms with Crippen LogP contribution in [0.5, 0.6) is 5.75 Å². The van der Waals surface area contributed by atoms with Crippen molar-refractivity contribution in [3.8, 4) is 5.75 Å². The summed E-state index contributed by atoms with van der Waals surface area (Å²) in [5.74, 6) is 3.90. The van der Waals surface area contributed by atoms with Crippen LogP contribution in [0, 0.1) is 23.2 Å². The van der Waals surface area contributed by atoms with Crippen molar-refractivity contribution < 1.29 is 4.74 Å². The van der Waals surface area contributed by atoms with E-state index in [0.29, 0.717) is 11.5 Å². The molecule has 0 spiro atoms. The third kappa shape index (κ3) is 3.94. The first-order valence-electron chi connectivity index (χ1n) is 11.4. The van der Waals surface area contributed by atoms with Crippen LogP contribution >= 0.6 is 0 Å². The summed E-state index contributed by atoms with van der Waals surface area (Å²) < 4.78 is 6.37. The number of hydrogen-bond donors (Lipinski definition) is 0. The van der Waals surface area contributed by atoms with Gasteiger partial charge in [0.25, 0.3) is 0 Å². The van der Waals surface area contributed by atoms with Gasteiger partial charge in [0.1, 0.15) is 5.75 Å². The van der Waals surface area contributed by atoms with Gasteiger partial charge in [-0.3, -0.25) is 4.90 Å². The Morgan fingerprint density at radius 3 is 2.29 bits per heavy atom. The van der Waals surface area contributed by atoms with Crippen LogP contribution in [0.2, 0.25) is 0 Å². The lowest BCUT2D eigenvalue weighted by molar-refractivity contribution is 0.0883. The average molecular weight is 378 g/mol. The third-order valence-corrected chi connectivity index (χ3v) is 7.54. The van der Waals surface area contributed by atoms with Crippen LogP contribution in [-0.2, 0) is 6.54 Å². The Bertz CT molecular complexity index is 833. The number of hydrogen-bond acceptors (Lipinski definition) is 2. The van der Waals surface area contributed by atoms with Crippen LogP contribution in [0.3, 0.4) is 0 Å². The molecule has 2 nitrogen and oxygen atoms in total. The van der Waals surface area contributed by atoms with Crippen molar-refractivity contribution in [3.63, 3.8) is 0 Å². The van der Waals surface area contributed by atoms with Gasteiger partial charge in [-0.15, -0.1) is 0 Å². The highest BCUT2D eigenvalue weighted by Gasteiger charge is 2.44. The molecule has 5 rings (SSSR count). The summed E-state index contributed by atoms with van der Waals surface area (Å²) in [4.78, 5) is 2.63. The largest absolute Gasteiger partial charge is 0.490 e. The lowest BCUT2D eigenvalue weighted by Crippen LogP contribution is -2.30. The molecule has 2 aromatic rings. The first-order valence-corrected chi connectivity index (χ1v) is 11.4. The predicted molar refractivity (Wildman–Crippen MR) is 117 cm³/mol. The number of rotatable bonds is 4. The SMILES string of the molecule is CC(C)(C)C1CCC(Oc2ccc3cc(CN4CC5CC5C4)ccc3c2)CC1. The summed E-state index contributed by atoms with van der Waals surface area (Å²) in [5.41, 5.74) is 1.88. The molecule has 0 bridgehead atoms. The summed E-state index contributed by atoms with van der Waals surface area (Å²) in [5, 5.41) is 2.64. The molecule has 1 aliphatic heterocycles. The van der Waals surface area contributed by atoms with Gasteiger partial charge in [0.2, 0.25) is 0 Å². The number of nitrogens with zero attached hydrogens (tertiary/aromatic N) is 1. The molecule has 2 aromatic carbocycles. The fourth-order valence-electron chi connectivity index (χ4n) is 5.57. The summed E-state index contributed by atoms with van der Waals surface area (Å²) in [6.07, 6.45) is 6.84. The molecular formula is C26H35NO. The lowest BCUT2D eigenvalue weighted by Gasteiger charge is -2.37. The number of ether oxygens (including phenoxy) is 1. The van der Waals surface area contributed by atoms with Crippen molar-refractivity contribution in [1.29, 1.82) is 0 Å². The fraction of sp³-hybridized carbons (Fsp3) is 0.615. The quantitative estimate of drug-likeness (QED) is 0.622. The highest BCUT2D eigenvalue weighted by molar-refractivity contribution is 5.84. The number of benzene rings is 2. The van der Waals surface area contributed by atoms with E-state index in [1.807, 2.05) is 0 Å². The molecule has 2 atom stereocenters. The summed E-state index contributed by atoms with van der Waals surface area (Å²) in [6.45, 7) is 10.9. The average Bonchev–Trinajstić information content (AvgIpc) is 3.27. The van der Waals surface area contributed by atoms with E-state index in [1.165, 1.54) is 61.5 Å². The highest BCUT2D eigenvalue weighted by atomic mass is 16.5. The molecule has 150 valence electrons. The van der Waals surface area contributed by atoms with Gasteiger partial charge in [0.15, 0.2) is 0 Å². The number of fused-ring (bicyclic) bond motifs is 2. The second-order valence-electron chi connectivity index (χ2n) is 10.8. The molecule has 0 amide bonds. The second kappa shape index (κ2) is 7.06. The van der Waals surface area contributed by atoms with E-state index in [2.05, 4.69) is 62.1 Å². The van der Waals surface area contributed by atoms with Gasteiger partial charge >= 0.3 is 0 Å². The smallest absolute Gasteiger partial charge is 0.120 e. The predicted octanol–water partition coefficient (Wildman–Crippen LogP) is 6.28. The van der Waals surface area contributed by atoms with Crippen molar-refractivity contribution in [3.05, 3.63) is 42.0 Å². The van der Waals surface area contributed by atoms with E-state index < -0.39 is 0 Å². The Kier molecular flexibility index (Phi) is 4.66. The van der Waals surface area contributed by atoms with E-state index in [-0.39, 0.29) is 0 Å². The monoisotopic (exact) mass is 377 g/mol. The maximum atomic E-state index is 6.37. The van der Waals surface area contributed by atoms with Crippen LogP contribution in [0.1, 0.15) is 58.4 Å². The third-order valence-electron chi connectivity index (χ3n) is 7.54. The molecule has 2 saturated carbocycles. The molecule has 28 heavy (non-hydrogen) atoms. The van der Waals surface area contributed by atoms with Crippen LogP contribution < -0.4 is 4.74 Å². The molecule has 0 radical (unpaired) electrons. The minimum absolute atomic E-state index is 0.386. The maximum absolute atomic E-state index is 6.37. The molecule has 0 N–H and O–H groups in total. The minimum Gasteiger partial charge on any atom is -0.490 e. The van der Waals surface area contributed by atoms with Gasteiger partial charge in [-0.1, -0.05) is 39.0 Å². The van der Waals surface area contributed by atoms with Crippen LogP contribution in [0.15, 0.2) is 36.4 Å². The second-order valence-corrected chi connectivity index (χ2v) is 10.8. The molecule has 2 heteroatoms. The fourth-order valence-corrected chi connectivity index (χ4v) is 5.57. The Hall–Kier alpha value is -1.54. The van der Waals surface area contributed by atoms with Gasteiger partial charge in [-0.25, -0.2) is 0 Å².